The molecule has 1 heterocycles. The van der Waals surface area contributed by atoms with Gasteiger partial charge >= 0.3 is 0 Å². The van der Waals surface area contributed by atoms with Gasteiger partial charge in [0.25, 0.3) is 0 Å². The smallest absolute Gasteiger partial charge is 0.0271 e. The van der Waals surface area contributed by atoms with Gasteiger partial charge in [-0.15, -0.1) is 0 Å². The predicted molar refractivity (Wildman–Crippen MR) is 68.3 cm³/mol. The summed E-state index contributed by atoms with van der Waals surface area (Å²) in [6.07, 6.45) is 3.66. The van der Waals surface area contributed by atoms with E-state index in [2.05, 4.69) is 43.3 Å². The van der Waals surface area contributed by atoms with Crippen molar-refractivity contribution in [2.24, 2.45) is 0 Å². The van der Waals surface area contributed by atoms with Crippen LogP contribution >= 0.6 is 0 Å². The quantitative estimate of drug-likeness (QED) is 0.798. The zero-order chi connectivity index (χ0) is 12.0. The van der Waals surface area contributed by atoms with Crippen LogP contribution in [0.5, 0.6) is 0 Å². The summed E-state index contributed by atoms with van der Waals surface area (Å²) in [5.74, 6) is 0. The van der Waals surface area contributed by atoms with Crippen LogP contribution in [0.15, 0.2) is 24.5 Å². The molecule has 0 saturated carbocycles. The van der Waals surface area contributed by atoms with Crippen LogP contribution in [0.2, 0.25) is 0 Å². The lowest BCUT2D eigenvalue weighted by atomic mass is 10.1. The van der Waals surface area contributed by atoms with Crippen LogP contribution in [0.4, 0.5) is 0 Å². The number of hydrogen-bond donors (Lipinski definition) is 2. The molecule has 1 atom stereocenters. The molecule has 0 fully saturated rings. The van der Waals surface area contributed by atoms with Crippen LogP contribution < -0.4 is 10.6 Å². The first-order valence-electron chi connectivity index (χ1n) is 5.85. The van der Waals surface area contributed by atoms with Crippen molar-refractivity contribution in [3.05, 3.63) is 30.1 Å². The zero-order valence-corrected chi connectivity index (χ0v) is 10.7. The molecule has 0 aromatic carbocycles. The van der Waals surface area contributed by atoms with Gasteiger partial charge in [-0.05, 0) is 45.4 Å². The average Bonchev–Trinajstić information content (AvgIpc) is 2.24. The van der Waals surface area contributed by atoms with Crippen molar-refractivity contribution in [3.63, 3.8) is 0 Å². The van der Waals surface area contributed by atoms with Crippen molar-refractivity contribution in [2.75, 3.05) is 6.54 Å². The summed E-state index contributed by atoms with van der Waals surface area (Å²) in [5.41, 5.74) is 1.46. The summed E-state index contributed by atoms with van der Waals surface area (Å²) < 4.78 is 0. The summed E-state index contributed by atoms with van der Waals surface area (Å²) in [4.78, 5) is 4.00. The normalized spacial score (nSPS) is 13.8. The molecule has 90 valence electrons. The average molecular weight is 221 g/mol. The monoisotopic (exact) mass is 221 g/mol. The van der Waals surface area contributed by atoms with Crippen LogP contribution in [0.25, 0.3) is 0 Å². The molecule has 3 nitrogen and oxygen atoms in total. The molecule has 1 rings (SSSR count). The van der Waals surface area contributed by atoms with E-state index < -0.39 is 0 Å². The van der Waals surface area contributed by atoms with Crippen molar-refractivity contribution >= 4 is 0 Å². The molecule has 0 spiro atoms. The molecule has 0 aliphatic carbocycles. The van der Waals surface area contributed by atoms with Crippen molar-refractivity contribution in [1.82, 2.24) is 15.6 Å². The van der Waals surface area contributed by atoms with Gasteiger partial charge in [0, 0.05) is 37.1 Å². The second-order valence-corrected chi connectivity index (χ2v) is 5.27. The van der Waals surface area contributed by atoms with E-state index in [1.165, 1.54) is 5.56 Å². The number of pyridine rings is 1. The second-order valence-electron chi connectivity index (χ2n) is 5.27. The highest BCUT2D eigenvalue weighted by Crippen LogP contribution is 1.99. The zero-order valence-electron chi connectivity index (χ0n) is 10.7. The second kappa shape index (κ2) is 5.97. The maximum atomic E-state index is 4.00. The van der Waals surface area contributed by atoms with Gasteiger partial charge in [0.15, 0.2) is 0 Å². The summed E-state index contributed by atoms with van der Waals surface area (Å²) >= 11 is 0. The fraction of sp³-hybridized carbons (Fsp3) is 0.615. The lowest BCUT2D eigenvalue weighted by Crippen LogP contribution is -2.44. The Morgan fingerprint density at radius 3 is 2.44 bits per heavy atom. The molecule has 1 aromatic heterocycles. The third kappa shape index (κ3) is 5.83. The van der Waals surface area contributed by atoms with Crippen LogP contribution in [0, 0.1) is 0 Å². The molecule has 16 heavy (non-hydrogen) atoms. The van der Waals surface area contributed by atoms with Gasteiger partial charge in [-0.2, -0.15) is 0 Å². The fourth-order valence-corrected chi connectivity index (χ4v) is 1.32. The lowest BCUT2D eigenvalue weighted by Gasteiger charge is -2.24. The molecule has 0 radical (unpaired) electrons. The molecule has 2 N–H and O–H groups in total. The Morgan fingerprint density at radius 2 is 1.88 bits per heavy atom. The van der Waals surface area contributed by atoms with Crippen molar-refractivity contribution in [2.45, 2.75) is 45.8 Å². The van der Waals surface area contributed by atoms with Crippen LogP contribution in [-0.2, 0) is 6.54 Å². The highest BCUT2D eigenvalue weighted by Gasteiger charge is 2.10. The minimum Gasteiger partial charge on any atom is -0.311 e. The number of nitrogens with one attached hydrogen (secondary N) is 2. The number of rotatable bonds is 5. The predicted octanol–water partition coefficient (Wildman–Crippen LogP) is 1.95. The Labute approximate surface area is 98.7 Å². The first kappa shape index (κ1) is 13.1. The molecular formula is C13H23N3. The number of hydrogen-bond acceptors (Lipinski definition) is 3. The Hall–Kier alpha value is -0.930. The Morgan fingerprint density at radius 1 is 1.25 bits per heavy atom. The third-order valence-electron chi connectivity index (χ3n) is 2.34. The first-order chi connectivity index (χ1) is 7.47. The van der Waals surface area contributed by atoms with E-state index in [9.17, 15) is 0 Å². The summed E-state index contributed by atoms with van der Waals surface area (Å²) in [6.45, 7) is 10.6. The van der Waals surface area contributed by atoms with E-state index in [4.69, 9.17) is 0 Å². The van der Waals surface area contributed by atoms with Crippen molar-refractivity contribution < 1.29 is 0 Å². The molecule has 1 unspecified atom stereocenters. The Balaban J connectivity index is 2.23. The molecule has 0 amide bonds. The number of nitrogens with zero attached hydrogens (tertiary/aromatic N) is 1. The van der Waals surface area contributed by atoms with Gasteiger partial charge in [-0.25, -0.2) is 0 Å². The minimum atomic E-state index is 0.187. The SMILES string of the molecule is CC(CNC(C)(C)C)NCc1ccncc1. The third-order valence-corrected chi connectivity index (χ3v) is 2.34. The topological polar surface area (TPSA) is 37.0 Å². The summed E-state index contributed by atoms with van der Waals surface area (Å²) in [5, 5.41) is 6.96. The highest BCUT2D eigenvalue weighted by molar-refractivity contribution is 5.09. The maximum Gasteiger partial charge on any atom is 0.0271 e. The van der Waals surface area contributed by atoms with Crippen molar-refractivity contribution in [1.29, 1.82) is 0 Å². The van der Waals surface area contributed by atoms with E-state index in [0.29, 0.717) is 6.04 Å². The molecule has 0 saturated heterocycles. The van der Waals surface area contributed by atoms with E-state index in [1.54, 1.807) is 0 Å². The largest absolute Gasteiger partial charge is 0.311 e. The van der Waals surface area contributed by atoms with E-state index in [-0.39, 0.29) is 5.54 Å². The van der Waals surface area contributed by atoms with Gasteiger partial charge in [-0.1, -0.05) is 0 Å². The van der Waals surface area contributed by atoms with Gasteiger partial charge in [0.2, 0.25) is 0 Å². The molecular weight excluding hydrogens is 198 g/mol. The Kier molecular flexibility index (Phi) is 4.90. The first-order valence-corrected chi connectivity index (χ1v) is 5.85. The van der Waals surface area contributed by atoms with E-state index in [0.717, 1.165) is 13.1 Å². The molecule has 1 aromatic rings. The highest BCUT2D eigenvalue weighted by atomic mass is 15.0. The van der Waals surface area contributed by atoms with E-state index >= 15 is 0 Å². The van der Waals surface area contributed by atoms with Gasteiger partial charge < -0.3 is 10.6 Å². The molecule has 0 bridgehead atoms. The lowest BCUT2D eigenvalue weighted by molar-refractivity contribution is 0.387. The van der Waals surface area contributed by atoms with Crippen molar-refractivity contribution in [3.8, 4) is 0 Å². The maximum absolute atomic E-state index is 4.00. The minimum absolute atomic E-state index is 0.187. The van der Waals surface area contributed by atoms with Gasteiger partial charge in [-0.3, -0.25) is 4.98 Å². The fourth-order valence-electron chi connectivity index (χ4n) is 1.32. The standard InChI is InChI=1S/C13H23N3/c1-11(9-16-13(2,3)4)15-10-12-5-7-14-8-6-12/h5-8,11,15-16H,9-10H2,1-4H3. The molecule has 0 aliphatic heterocycles. The van der Waals surface area contributed by atoms with E-state index in [1.807, 2.05) is 24.5 Å². The van der Waals surface area contributed by atoms with Gasteiger partial charge in [0.05, 0.1) is 0 Å². The number of aromatic nitrogens is 1. The molecule has 0 aliphatic rings. The molecule has 3 heteroatoms. The summed E-state index contributed by atoms with van der Waals surface area (Å²) in [7, 11) is 0. The Bertz CT molecular complexity index is 290. The van der Waals surface area contributed by atoms with Crippen LogP contribution in [-0.4, -0.2) is 23.1 Å². The van der Waals surface area contributed by atoms with Crippen LogP contribution in [0.3, 0.4) is 0 Å². The summed E-state index contributed by atoms with van der Waals surface area (Å²) in [6, 6.07) is 4.54. The van der Waals surface area contributed by atoms with Crippen LogP contribution in [0.1, 0.15) is 33.3 Å². The van der Waals surface area contributed by atoms with Gasteiger partial charge in [0.1, 0.15) is 0 Å².